The first-order valence-corrected chi connectivity index (χ1v) is 5.44. The molecule has 0 amide bonds. The fourth-order valence-electron chi connectivity index (χ4n) is 2.22. The van der Waals surface area contributed by atoms with E-state index in [1.807, 2.05) is 12.5 Å². The van der Waals surface area contributed by atoms with Gasteiger partial charge in [-0.2, -0.15) is 0 Å². The van der Waals surface area contributed by atoms with Crippen LogP contribution in [0.4, 0.5) is 0 Å². The van der Waals surface area contributed by atoms with Crippen molar-refractivity contribution in [3.8, 4) is 0 Å². The van der Waals surface area contributed by atoms with E-state index in [1.165, 1.54) is 44.9 Å². The van der Waals surface area contributed by atoms with Crippen molar-refractivity contribution in [1.29, 1.82) is 0 Å². The highest BCUT2D eigenvalue weighted by molar-refractivity contribution is 4.81. The molecule has 72 valence electrons. The van der Waals surface area contributed by atoms with Gasteiger partial charge < -0.3 is 4.57 Å². The molecule has 0 aromatic carbocycles. The molecule has 1 aromatic heterocycles. The Bertz CT molecular complexity index is 220. The number of imidazole rings is 1. The minimum Gasteiger partial charge on any atom is -0.334 e. The highest BCUT2D eigenvalue weighted by Crippen LogP contribution is 2.25. The third-order valence-electron chi connectivity index (χ3n) is 3.02. The molecule has 0 radical (unpaired) electrons. The Morgan fingerprint density at radius 3 is 2.31 bits per heavy atom. The van der Waals surface area contributed by atoms with Gasteiger partial charge >= 0.3 is 0 Å². The minimum absolute atomic E-state index is 0.725. The van der Waals surface area contributed by atoms with Gasteiger partial charge in [0.25, 0.3) is 0 Å². The van der Waals surface area contributed by atoms with Gasteiger partial charge in [-0.3, -0.25) is 0 Å². The van der Waals surface area contributed by atoms with Crippen molar-refractivity contribution >= 4 is 0 Å². The van der Waals surface area contributed by atoms with Crippen LogP contribution in [0.25, 0.3) is 0 Å². The van der Waals surface area contributed by atoms with Gasteiger partial charge in [0.05, 0.1) is 6.33 Å². The normalized spacial score (nSPS) is 20.9. The van der Waals surface area contributed by atoms with Crippen molar-refractivity contribution in [3.63, 3.8) is 0 Å². The zero-order chi connectivity index (χ0) is 8.93. The van der Waals surface area contributed by atoms with Crippen LogP contribution in [-0.4, -0.2) is 9.55 Å². The predicted octanol–water partition coefficient (Wildman–Crippen LogP) is 3.17. The van der Waals surface area contributed by atoms with Crippen molar-refractivity contribution in [1.82, 2.24) is 9.55 Å². The maximum atomic E-state index is 4.11. The summed E-state index contributed by atoms with van der Waals surface area (Å²) >= 11 is 0. The Labute approximate surface area is 80.0 Å². The van der Waals surface area contributed by atoms with E-state index in [0.717, 1.165) is 6.04 Å². The molecule has 0 bridgehead atoms. The quantitative estimate of drug-likeness (QED) is 0.646. The minimum atomic E-state index is 0.725. The van der Waals surface area contributed by atoms with E-state index in [-0.39, 0.29) is 0 Å². The van der Waals surface area contributed by atoms with E-state index in [0.29, 0.717) is 0 Å². The topological polar surface area (TPSA) is 17.8 Å². The van der Waals surface area contributed by atoms with Crippen molar-refractivity contribution < 1.29 is 0 Å². The van der Waals surface area contributed by atoms with Gasteiger partial charge in [-0.15, -0.1) is 0 Å². The van der Waals surface area contributed by atoms with Crippen LogP contribution < -0.4 is 0 Å². The van der Waals surface area contributed by atoms with Gasteiger partial charge in [-0.1, -0.05) is 32.1 Å². The van der Waals surface area contributed by atoms with E-state index in [9.17, 15) is 0 Å². The van der Waals surface area contributed by atoms with Crippen molar-refractivity contribution in [3.05, 3.63) is 18.7 Å². The second kappa shape index (κ2) is 4.45. The molecule has 1 fully saturated rings. The standard InChI is InChI=1S/C11H18N2/c1-2-4-6-11(7-5-3-1)13-9-8-12-10-13/h8-11H,1-7H2. The SMILES string of the molecule is c1cn(C2CCCCCCC2)cn1. The van der Waals surface area contributed by atoms with Gasteiger partial charge in [0, 0.05) is 18.4 Å². The average molecular weight is 178 g/mol. The summed E-state index contributed by atoms with van der Waals surface area (Å²) in [6.45, 7) is 0. The largest absolute Gasteiger partial charge is 0.334 e. The molecule has 1 aromatic rings. The lowest BCUT2D eigenvalue weighted by Crippen LogP contribution is -2.08. The Kier molecular flexibility index (Phi) is 3.01. The maximum absolute atomic E-state index is 4.11. The molecule has 0 aliphatic heterocycles. The fraction of sp³-hybridized carbons (Fsp3) is 0.727. The van der Waals surface area contributed by atoms with E-state index >= 15 is 0 Å². The van der Waals surface area contributed by atoms with Crippen molar-refractivity contribution in [2.45, 2.75) is 51.0 Å². The molecule has 0 saturated heterocycles. The van der Waals surface area contributed by atoms with Crippen molar-refractivity contribution in [2.24, 2.45) is 0 Å². The van der Waals surface area contributed by atoms with Crippen LogP contribution in [0.3, 0.4) is 0 Å². The van der Waals surface area contributed by atoms with Gasteiger partial charge in [-0.25, -0.2) is 4.98 Å². The van der Waals surface area contributed by atoms with E-state index in [1.54, 1.807) is 0 Å². The first kappa shape index (κ1) is 8.79. The van der Waals surface area contributed by atoms with Crippen LogP contribution in [0.1, 0.15) is 51.0 Å². The monoisotopic (exact) mass is 178 g/mol. The molecular weight excluding hydrogens is 160 g/mol. The molecule has 0 atom stereocenters. The maximum Gasteiger partial charge on any atom is 0.0948 e. The number of nitrogens with zero attached hydrogens (tertiary/aromatic N) is 2. The molecule has 13 heavy (non-hydrogen) atoms. The summed E-state index contributed by atoms with van der Waals surface area (Å²) in [5.41, 5.74) is 0. The molecule has 1 saturated carbocycles. The molecule has 0 unspecified atom stereocenters. The lowest BCUT2D eigenvalue weighted by atomic mass is 9.97. The molecule has 2 rings (SSSR count). The van der Waals surface area contributed by atoms with Crippen LogP contribution >= 0.6 is 0 Å². The molecule has 0 N–H and O–H groups in total. The smallest absolute Gasteiger partial charge is 0.0948 e. The molecule has 1 aliphatic carbocycles. The molecular formula is C11H18N2. The van der Waals surface area contributed by atoms with Crippen LogP contribution in [0, 0.1) is 0 Å². The molecule has 2 heteroatoms. The highest BCUT2D eigenvalue weighted by Gasteiger charge is 2.11. The summed E-state index contributed by atoms with van der Waals surface area (Å²) in [5, 5.41) is 0. The first-order chi connectivity index (χ1) is 6.47. The molecule has 1 aliphatic rings. The van der Waals surface area contributed by atoms with Gasteiger partial charge in [0.2, 0.25) is 0 Å². The van der Waals surface area contributed by atoms with Crippen LogP contribution in [0.2, 0.25) is 0 Å². The number of rotatable bonds is 1. The number of hydrogen-bond donors (Lipinski definition) is 0. The van der Waals surface area contributed by atoms with E-state index in [2.05, 4.69) is 15.7 Å². The number of aromatic nitrogens is 2. The van der Waals surface area contributed by atoms with Gasteiger partial charge in [0.15, 0.2) is 0 Å². The van der Waals surface area contributed by atoms with Crippen LogP contribution in [0.15, 0.2) is 18.7 Å². The second-order valence-corrected chi connectivity index (χ2v) is 4.01. The molecule has 2 nitrogen and oxygen atoms in total. The summed E-state index contributed by atoms with van der Waals surface area (Å²) in [6.07, 6.45) is 15.7. The third kappa shape index (κ3) is 2.33. The Morgan fingerprint density at radius 2 is 1.69 bits per heavy atom. The Balaban J connectivity index is 1.96. The average Bonchev–Trinajstić information content (AvgIpc) is 2.55. The van der Waals surface area contributed by atoms with Crippen LogP contribution in [-0.2, 0) is 0 Å². The summed E-state index contributed by atoms with van der Waals surface area (Å²) < 4.78 is 2.28. The molecule has 1 heterocycles. The number of hydrogen-bond acceptors (Lipinski definition) is 1. The zero-order valence-electron chi connectivity index (χ0n) is 8.15. The Hall–Kier alpha value is -0.790. The summed E-state index contributed by atoms with van der Waals surface area (Å²) in [6, 6.07) is 0.725. The summed E-state index contributed by atoms with van der Waals surface area (Å²) in [4.78, 5) is 4.11. The van der Waals surface area contributed by atoms with Crippen molar-refractivity contribution in [2.75, 3.05) is 0 Å². The lowest BCUT2D eigenvalue weighted by Gasteiger charge is -2.20. The van der Waals surface area contributed by atoms with Gasteiger partial charge in [0.1, 0.15) is 0 Å². The summed E-state index contributed by atoms with van der Waals surface area (Å²) in [7, 11) is 0. The Morgan fingerprint density at radius 1 is 1.00 bits per heavy atom. The first-order valence-electron chi connectivity index (χ1n) is 5.44. The molecule has 0 spiro atoms. The lowest BCUT2D eigenvalue weighted by molar-refractivity contribution is 0.372. The predicted molar refractivity (Wildman–Crippen MR) is 53.6 cm³/mol. The van der Waals surface area contributed by atoms with Gasteiger partial charge in [-0.05, 0) is 12.8 Å². The van der Waals surface area contributed by atoms with E-state index in [4.69, 9.17) is 0 Å². The third-order valence-corrected chi connectivity index (χ3v) is 3.02. The van der Waals surface area contributed by atoms with Crippen LogP contribution in [0.5, 0.6) is 0 Å². The fourth-order valence-corrected chi connectivity index (χ4v) is 2.22. The second-order valence-electron chi connectivity index (χ2n) is 4.01. The summed E-state index contributed by atoms with van der Waals surface area (Å²) in [5.74, 6) is 0. The van der Waals surface area contributed by atoms with E-state index < -0.39 is 0 Å². The zero-order valence-corrected chi connectivity index (χ0v) is 8.15. The highest BCUT2D eigenvalue weighted by atomic mass is 15.0.